The summed E-state index contributed by atoms with van der Waals surface area (Å²) < 4.78 is 1.95. The van der Waals surface area contributed by atoms with Crippen molar-refractivity contribution in [1.82, 2.24) is 24.4 Å². The number of aromatic nitrogens is 4. The van der Waals surface area contributed by atoms with Crippen molar-refractivity contribution >= 4 is 11.7 Å². The highest BCUT2D eigenvalue weighted by Crippen LogP contribution is 2.21. The van der Waals surface area contributed by atoms with Crippen molar-refractivity contribution < 1.29 is 4.79 Å². The highest BCUT2D eigenvalue weighted by molar-refractivity contribution is 5.76. The summed E-state index contributed by atoms with van der Waals surface area (Å²) in [7, 11) is 1.84. The molecular weight excluding hydrogens is 316 g/mol. The number of nitrogens with one attached hydrogen (secondary N) is 1. The van der Waals surface area contributed by atoms with Crippen molar-refractivity contribution in [2.75, 3.05) is 25.5 Å². The minimum absolute atomic E-state index is 0.243. The second-order valence-electron chi connectivity index (χ2n) is 6.58. The number of imidazole rings is 1. The molecule has 0 unspecified atom stereocenters. The molecule has 2 aromatic rings. The first-order chi connectivity index (χ1) is 12.2. The van der Waals surface area contributed by atoms with Gasteiger partial charge in [0.25, 0.3) is 0 Å². The van der Waals surface area contributed by atoms with Crippen molar-refractivity contribution in [3.05, 3.63) is 36.8 Å². The molecule has 7 nitrogen and oxygen atoms in total. The average Bonchev–Trinajstić information content (AvgIpc) is 3.06. The predicted molar refractivity (Wildman–Crippen MR) is 96.0 cm³/mol. The van der Waals surface area contributed by atoms with Crippen LogP contribution in [0.3, 0.4) is 0 Å². The van der Waals surface area contributed by atoms with Gasteiger partial charge < -0.3 is 14.8 Å². The Bertz CT molecular complexity index is 655. The third-order valence-electron chi connectivity index (χ3n) is 4.80. The van der Waals surface area contributed by atoms with Crippen molar-refractivity contribution in [3.8, 4) is 0 Å². The van der Waals surface area contributed by atoms with Crippen LogP contribution >= 0.6 is 0 Å². The van der Waals surface area contributed by atoms with Crippen LogP contribution in [0.4, 0.5) is 5.82 Å². The second kappa shape index (κ2) is 8.60. The van der Waals surface area contributed by atoms with Gasteiger partial charge >= 0.3 is 0 Å². The Morgan fingerprint density at radius 3 is 2.92 bits per heavy atom. The molecule has 0 spiro atoms. The van der Waals surface area contributed by atoms with Gasteiger partial charge in [0.15, 0.2) is 0 Å². The molecule has 0 bridgehead atoms. The van der Waals surface area contributed by atoms with Crippen molar-refractivity contribution in [2.24, 2.45) is 5.92 Å². The van der Waals surface area contributed by atoms with Gasteiger partial charge in [0.2, 0.25) is 5.91 Å². The Morgan fingerprint density at radius 2 is 2.20 bits per heavy atom. The molecule has 0 radical (unpaired) electrons. The zero-order valence-corrected chi connectivity index (χ0v) is 14.8. The molecule has 7 heteroatoms. The largest absolute Gasteiger partial charge is 0.372 e. The summed E-state index contributed by atoms with van der Waals surface area (Å²) in [5.74, 6) is 1.60. The number of rotatable bonds is 6. The van der Waals surface area contributed by atoms with Gasteiger partial charge in [-0.15, -0.1) is 0 Å². The first-order valence-electron chi connectivity index (χ1n) is 8.97. The van der Waals surface area contributed by atoms with Gasteiger partial charge in [-0.2, -0.15) is 0 Å². The molecule has 0 aromatic carbocycles. The average molecular weight is 342 g/mol. The van der Waals surface area contributed by atoms with Crippen LogP contribution in [-0.2, 0) is 17.8 Å². The molecule has 3 rings (SSSR count). The van der Waals surface area contributed by atoms with E-state index in [1.54, 1.807) is 18.7 Å². The second-order valence-corrected chi connectivity index (χ2v) is 6.58. The van der Waals surface area contributed by atoms with Gasteiger partial charge in [-0.05, 0) is 31.6 Å². The molecular formula is C18H26N6O. The Hall–Kier alpha value is -2.44. The number of hydrogen-bond donors (Lipinski definition) is 1. The number of nitrogens with zero attached hydrogens (tertiary/aromatic N) is 5. The summed E-state index contributed by atoms with van der Waals surface area (Å²) >= 11 is 0. The minimum Gasteiger partial charge on any atom is -0.372 e. The number of amides is 1. The smallest absolute Gasteiger partial charge is 0.224 e. The van der Waals surface area contributed by atoms with E-state index in [1.807, 2.05) is 28.9 Å². The molecule has 1 saturated heterocycles. The number of hydrogen-bond acceptors (Lipinski definition) is 5. The van der Waals surface area contributed by atoms with Gasteiger partial charge in [0.1, 0.15) is 5.82 Å². The van der Waals surface area contributed by atoms with E-state index in [2.05, 4.69) is 20.3 Å². The SMILES string of the molecule is CNc1cnc(C[C@@H]2CCCN(C(=O)CCn3ccnc3)CC2)cn1. The summed E-state index contributed by atoms with van der Waals surface area (Å²) in [5, 5.41) is 2.98. The first-order valence-corrected chi connectivity index (χ1v) is 8.97. The van der Waals surface area contributed by atoms with Crippen LogP contribution in [0.1, 0.15) is 31.4 Å². The summed E-state index contributed by atoms with van der Waals surface area (Å²) in [4.78, 5) is 27.3. The van der Waals surface area contributed by atoms with Crippen LogP contribution in [0, 0.1) is 5.92 Å². The summed E-state index contributed by atoms with van der Waals surface area (Å²) in [6.45, 7) is 2.41. The zero-order chi connectivity index (χ0) is 17.5. The molecule has 1 atom stereocenters. The summed E-state index contributed by atoms with van der Waals surface area (Å²) in [6, 6.07) is 0. The Labute approximate surface area is 148 Å². The van der Waals surface area contributed by atoms with Gasteiger partial charge in [0, 0.05) is 45.5 Å². The number of carbonyl (C=O) groups excluding carboxylic acids is 1. The molecule has 25 heavy (non-hydrogen) atoms. The molecule has 1 aliphatic heterocycles. The highest BCUT2D eigenvalue weighted by atomic mass is 16.2. The van der Waals surface area contributed by atoms with Crippen LogP contribution in [-0.4, -0.2) is 50.5 Å². The van der Waals surface area contributed by atoms with E-state index >= 15 is 0 Å². The van der Waals surface area contributed by atoms with E-state index < -0.39 is 0 Å². The van der Waals surface area contributed by atoms with E-state index in [0.29, 0.717) is 18.9 Å². The maximum atomic E-state index is 12.4. The maximum Gasteiger partial charge on any atom is 0.224 e. The van der Waals surface area contributed by atoms with Crippen molar-refractivity contribution in [2.45, 2.75) is 38.6 Å². The van der Waals surface area contributed by atoms with Crippen LogP contribution in [0.25, 0.3) is 0 Å². The Morgan fingerprint density at radius 1 is 1.28 bits per heavy atom. The highest BCUT2D eigenvalue weighted by Gasteiger charge is 2.21. The van der Waals surface area contributed by atoms with E-state index in [4.69, 9.17) is 0 Å². The minimum atomic E-state index is 0.243. The van der Waals surface area contributed by atoms with E-state index in [1.165, 1.54) is 0 Å². The molecule has 3 heterocycles. The third kappa shape index (κ3) is 5.01. The van der Waals surface area contributed by atoms with Crippen LogP contribution in [0.5, 0.6) is 0 Å². The number of aryl methyl sites for hydroxylation is 1. The lowest BCUT2D eigenvalue weighted by molar-refractivity contribution is -0.131. The van der Waals surface area contributed by atoms with Gasteiger partial charge in [-0.3, -0.25) is 9.78 Å². The fraction of sp³-hybridized carbons (Fsp3) is 0.556. The van der Waals surface area contributed by atoms with E-state index in [-0.39, 0.29) is 5.91 Å². The van der Waals surface area contributed by atoms with Gasteiger partial charge in [0.05, 0.1) is 24.4 Å². The van der Waals surface area contributed by atoms with Crippen molar-refractivity contribution in [1.29, 1.82) is 0 Å². The van der Waals surface area contributed by atoms with Crippen LogP contribution in [0.2, 0.25) is 0 Å². The molecule has 0 aliphatic carbocycles. The molecule has 2 aromatic heterocycles. The standard InChI is InChI=1S/C18H26N6O/c1-19-17-13-21-16(12-22-17)11-15-3-2-7-24(9-4-15)18(25)5-8-23-10-6-20-14-23/h6,10,12-15H,2-5,7-9,11H2,1H3,(H,19,22)/t15-/m1/s1. The van der Waals surface area contributed by atoms with E-state index in [9.17, 15) is 4.79 Å². The monoisotopic (exact) mass is 342 g/mol. The normalized spacial score (nSPS) is 18.0. The molecule has 134 valence electrons. The maximum absolute atomic E-state index is 12.4. The number of likely N-dealkylation sites (tertiary alicyclic amines) is 1. The first kappa shape index (κ1) is 17.4. The van der Waals surface area contributed by atoms with Gasteiger partial charge in [-0.25, -0.2) is 9.97 Å². The Kier molecular flexibility index (Phi) is 5.98. The zero-order valence-electron chi connectivity index (χ0n) is 14.8. The van der Waals surface area contributed by atoms with Crippen LogP contribution < -0.4 is 5.32 Å². The molecule has 0 saturated carbocycles. The molecule has 1 N–H and O–H groups in total. The predicted octanol–water partition coefficient (Wildman–Crippen LogP) is 1.98. The van der Waals surface area contributed by atoms with E-state index in [0.717, 1.165) is 50.3 Å². The summed E-state index contributed by atoms with van der Waals surface area (Å²) in [6.07, 6.45) is 13.7. The molecule has 1 aliphatic rings. The topological polar surface area (TPSA) is 75.9 Å². The quantitative estimate of drug-likeness (QED) is 0.869. The number of carbonyl (C=O) groups is 1. The molecule has 1 amide bonds. The van der Waals surface area contributed by atoms with Crippen molar-refractivity contribution in [3.63, 3.8) is 0 Å². The summed E-state index contributed by atoms with van der Waals surface area (Å²) in [5.41, 5.74) is 1.03. The number of anilines is 1. The van der Waals surface area contributed by atoms with Crippen LogP contribution in [0.15, 0.2) is 31.1 Å². The fourth-order valence-corrected chi connectivity index (χ4v) is 3.31. The molecule has 1 fully saturated rings. The van der Waals surface area contributed by atoms with Gasteiger partial charge in [-0.1, -0.05) is 0 Å². The lowest BCUT2D eigenvalue weighted by Gasteiger charge is -2.20. The third-order valence-corrected chi connectivity index (χ3v) is 4.80. The fourth-order valence-electron chi connectivity index (χ4n) is 3.31. The lowest BCUT2D eigenvalue weighted by Crippen LogP contribution is -2.32. The lowest BCUT2D eigenvalue weighted by atomic mass is 9.95. The Balaban J connectivity index is 1.46.